The van der Waals surface area contributed by atoms with Crippen LogP contribution in [0.25, 0.3) is 22.3 Å². The number of benzene rings is 10. The zero-order valence-electron chi connectivity index (χ0n) is 41.7. The van der Waals surface area contributed by atoms with E-state index >= 15 is 0 Å². The minimum Gasteiger partial charge on any atom is -0.179 e. The molecule has 0 radical (unpaired) electrons. The Labute approximate surface area is 451 Å². The largest absolute Gasteiger partial charge is 0.179 e. The minimum atomic E-state index is -1.20. The fourth-order valence-electron chi connectivity index (χ4n) is 9.87. The van der Waals surface area contributed by atoms with E-state index in [4.69, 9.17) is 0 Å². The molecule has 0 saturated heterocycles. The van der Waals surface area contributed by atoms with Crippen LogP contribution in [0.2, 0.25) is 0 Å². The summed E-state index contributed by atoms with van der Waals surface area (Å²) in [6.45, 7) is 0. The van der Waals surface area contributed by atoms with Gasteiger partial charge in [0.05, 0.1) is 0 Å². The normalized spacial score (nSPS) is 11.0. The number of hydrogen-bond donors (Lipinski definition) is 2. The van der Waals surface area contributed by atoms with E-state index in [1.165, 1.54) is 44.5 Å². The van der Waals surface area contributed by atoms with Gasteiger partial charge in [-0.25, -0.2) is 0 Å². The maximum absolute atomic E-state index is 12.4. The molecular weight excluding hydrogens is 957 g/mol. The van der Waals surface area contributed by atoms with E-state index in [-0.39, 0.29) is 14.9 Å². The Kier molecular flexibility index (Phi) is 20.0. The van der Waals surface area contributed by atoms with E-state index < -0.39 is 22.8 Å². The molecule has 0 bridgehead atoms. The van der Waals surface area contributed by atoms with E-state index in [2.05, 4.69) is 84.9 Å². The fraction of sp³-hybridized carbons (Fsp3) is 0.0588. The SMILES string of the molecule is O=C(O)C(c1ccccc1)(c1ccccc1)c1ccccc1.O=C(O)C(c1ccccc1)(c1ccccc1)c1ccccc1.[CH3-].[CH3-].[SiH2]=[Ti].[c-]1cccc2c1Cc1ccccc1-2.[c-]1cccc2c1Cc1ccccc1-2. The average molecular weight is 1020 g/mol. The predicted molar refractivity (Wildman–Crippen MR) is 302 cm³/mol. The summed E-state index contributed by atoms with van der Waals surface area (Å²) in [7, 11) is 1.86. The second-order valence-corrected chi connectivity index (χ2v) is 17.1. The van der Waals surface area contributed by atoms with Gasteiger partial charge in [0.2, 0.25) is 0 Å². The van der Waals surface area contributed by atoms with Crippen LogP contribution < -0.4 is 0 Å². The summed E-state index contributed by atoms with van der Waals surface area (Å²) < 4.78 is 0. The Hall–Kier alpha value is -7.93. The van der Waals surface area contributed by atoms with Gasteiger partial charge in [-0.05, 0) is 46.2 Å². The van der Waals surface area contributed by atoms with Gasteiger partial charge in [-0.1, -0.05) is 253 Å². The second kappa shape index (κ2) is 26.7. The monoisotopic (exact) mass is 1010 g/mol. The van der Waals surface area contributed by atoms with E-state index in [9.17, 15) is 19.8 Å². The summed E-state index contributed by atoms with van der Waals surface area (Å²) in [5, 5.41) is 20.4. The standard InChI is InChI=1S/2C20H16O2.2C13H9.2CH3.H2Si.Ti/c2*21-19(22)20(16-10-4-1-5-11-16,17-12-6-2-7-13-17)18-14-8-3-9-15-18;2*1-3-7-12-10(5-1)9-11-6-2-4-8-13(11)12;;;;/h2*1-15H,(H,21,22);2*1-5,7-8H,9H2;2*1H3;1H2;/q;;4*-1;;. The first kappa shape index (κ1) is 55.4. The van der Waals surface area contributed by atoms with Crippen LogP contribution in [-0.4, -0.2) is 29.8 Å². The smallest absolute Gasteiger partial charge is 0.0253 e. The van der Waals surface area contributed by atoms with Gasteiger partial charge >= 0.3 is 38.7 Å². The third-order valence-electron chi connectivity index (χ3n) is 13.1. The fourth-order valence-corrected chi connectivity index (χ4v) is 9.87. The number of carboxylic acid groups (broad SMARTS) is 2. The van der Waals surface area contributed by atoms with Gasteiger partial charge in [-0.2, -0.15) is 59.7 Å². The molecule has 74 heavy (non-hydrogen) atoms. The molecule has 0 fully saturated rings. The zero-order chi connectivity index (χ0) is 50.2. The molecule has 0 unspecified atom stereocenters. The van der Waals surface area contributed by atoms with Gasteiger partial charge in [0, 0.05) is 0 Å². The topological polar surface area (TPSA) is 74.6 Å². The molecular formula is C68H58O4SiTi-4. The van der Waals surface area contributed by atoms with E-state index in [0.717, 1.165) is 46.2 Å². The number of rotatable bonds is 8. The first-order chi connectivity index (χ1) is 35.4. The van der Waals surface area contributed by atoms with Gasteiger partial charge in [-0.15, -0.1) is 11.1 Å². The molecule has 0 heterocycles. The van der Waals surface area contributed by atoms with Crippen LogP contribution >= 0.6 is 0 Å². The molecule has 4 nitrogen and oxygen atoms in total. The third-order valence-corrected chi connectivity index (χ3v) is 13.1. The molecule has 0 atom stereocenters. The van der Waals surface area contributed by atoms with Gasteiger partial charge in [0.25, 0.3) is 0 Å². The van der Waals surface area contributed by atoms with Crippen molar-refractivity contribution in [2.45, 2.75) is 23.7 Å². The van der Waals surface area contributed by atoms with Crippen molar-refractivity contribution in [3.05, 3.63) is 350 Å². The summed E-state index contributed by atoms with van der Waals surface area (Å²) in [6.07, 6.45) is 2.10. The number of hydrogen-bond acceptors (Lipinski definition) is 2. The quantitative estimate of drug-likeness (QED) is 0.0903. The van der Waals surface area contributed by atoms with Gasteiger partial charge in [0.15, 0.2) is 0 Å². The average Bonchev–Trinajstić information content (AvgIpc) is 4.04. The van der Waals surface area contributed by atoms with Crippen LogP contribution in [0, 0.1) is 27.0 Å². The van der Waals surface area contributed by atoms with Crippen molar-refractivity contribution in [3.8, 4) is 22.3 Å². The molecule has 0 aromatic heterocycles. The van der Waals surface area contributed by atoms with Crippen molar-refractivity contribution >= 4 is 19.6 Å². The summed E-state index contributed by atoms with van der Waals surface area (Å²) in [5.41, 5.74) is 13.1. The Balaban J connectivity index is 0.000000161. The molecule has 0 amide bonds. The summed E-state index contributed by atoms with van der Waals surface area (Å²) in [6, 6.07) is 92.5. The Morgan fingerprint density at radius 2 is 0.554 bits per heavy atom. The van der Waals surface area contributed by atoms with Gasteiger partial charge in [0.1, 0.15) is 10.8 Å². The predicted octanol–water partition coefficient (Wildman–Crippen LogP) is 14.3. The van der Waals surface area contributed by atoms with Crippen molar-refractivity contribution in [1.29, 1.82) is 0 Å². The zero-order valence-corrected chi connectivity index (χ0v) is 44.7. The molecule has 2 N–H and O–H groups in total. The summed E-state index contributed by atoms with van der Waals surface area (Å²) >= 11 is 2.03. The number of aliphatic carboxylic acids is 2. The maximum Gasteiger partial charge on any atom is -0.0253 e. The molecule has 6 heteroatoms. The second-order valence-electron chi connectivity index (χ2n) is 17.1. The minimum absolute atomic E-state index is 0. The Morgan fingerprint density at radius 1 is 0.338 bits per heavy atom. The number of carboxylic acids is 2. The van der Waals surface area contributed by atoms with Crippen LogP contribution in [0.3, 0.4) is 0 Å². The van der Waals surface area contributed by atoms with E-state index in [1.54, 1.807) is 0 Å². The van der Waals surface area contributed by atoms with Crippen molar-refractivity contribution in [2.75, 3.05) is 0 Å². The molecule has 10 aromatic carbocycles. The van der Waals surface area contributed by atoms with Crippen molar-refractivity contribution in [2.24, 2.45) is 0 Å². The van der Waals surface area contributed by atoms with Crippen LogP contribution in [0.1, 0.15) is 55.6 Å². The molecule has 10 aromatic rings. The van der Waals surface area contributed by atoms with Gasteiger partial charge in [-0.3, -0.25) is 9.59 Å². The molecule has 2 aliphatic carbocycles. The Bertz CT molecular complexity index is 2830. The van der Waals surface area contributed by atoms with Crippen LogP contribution in [-0.2, 0) is 52.4 Å². The van der Waals surface area contributed by atoms with Crippen molar-refractivity contribution in [1.82, 2.24) is 0 Å². The van der Waals surface area contributed by atoms with E-state index in [0.29, 0.717) is 0 Å². The molecule has 366 valence electrons. The van der Waals surface area contributed by atoms with Crippen LogP contribution in [0.5, 0.6) is 0 Å². The summed E-state index contributed by atoms with van der Waals surface area (Å²) in [5.74, 6) is -1.76. The maximum atomic E-state index is 12.4. The van der Waals surface area contributed by atoms with Crippen molar-refractivity contribution < 1.29 is 39.0 Å². The van der Waals surface area contributed by atoms with Gasteiger partial charge < -0.3 is 25.1 Å². The Morgan fingerprint density at radius 3 is 0.797 bits per heavy atom. The van der Waals surface area contributed by atoms with Crippen LogP contribution in [0.15, 0.2) is 267 Å². The molecule has 12 rings (SSSR count). The first-order valence-electron chi connectivity index (χ1n) is 23.7. The number of carbonyl (C=O) groups is 2. The first-order valence-corrected chi connectivity index (χ1v) is 27.7. The van der Waals surface area contributed by atoms with E-state index in [1.807, 2.05) is 221 Å². The molecule has 0 spiro atoms. The molecule has 0 aliphatic heterocycles. The summed E-state index contributed by atoms with van der Waals surface area (Å²) in [4.78, 5) is 24.8. The molecule has 2 aliphatic rings. The number of fused-ring (bicyclic) bond motifs is 6. The molecule has 0 saturated carbocycles. The van der Waals surface area contributed by atoms with Crippen molar-refractivity contribution in [3.63, 3.8) is 0 Å². The van der Waals surface area contributed by atoms with Crippen LogP contribution in [0.4, 0.5) is 0 Å². The third kappa shape index (κ3) is 11.6.